The number of nitrogens with one attached hydrogen (secondary N) is 1. The number of hydrogen-bond donors (Lipinski definition) is 2. The molecule has 0 atom stereocenters. The van der Waals surface area contributed by atoms with Gasteiger partial charge in [-0.25, -0.2) is 0 Å². The molecule has 0 heterocycles. The van der Waals surface area contributed by atoms with Crippen molar-refractivity contribution in [2.75, 3.05) is 20.3 Å². The second-order valence-electron chi connectivity index (χ2n) is 5.93. The molecule has 0 fully saturated rings. The van der Waals surface area contributed by atoms with Gasteiger partial charge in [0, 0.05) is 13.2 Å². The smallest absolute Gasteiger partial charge is 0.175 e. The van der Waals surface area contributed by atoms with Gasteiger partial charge in [0.25, 0.3) is 0 Å². The van der Waals surface area contributed by atoms with E-state index >= 15 is 0 Å². The third-order valence-electron chi connectivity index (χ3n) is 4.01. The fourth-order valence-corrected chi connectivity index (χ4v) is 3.14. The van der Waals surface area contributed by atoms with Crippen molar-refractivity contribution in [2.24, 2.45) is 0 Å². The summed E-state index contributed by atoms with van der Waals surface area (Å²) in [5, 5.41) is 12.2. The van der Waals surface area contributed by atoms with Gasteiger partial charge in [-0.3, -0.25) is 0 Å². The number of hydrogen-bond acceptors (Lipinski definition) is 4. The van der Waals surface area contributed by atoms with Crippen molar-refractivity contribution < 1.29 is 14.6 Å². The Kier molecular flexibility index (Phi) is 8.25. The van der Waals surface area contributed by atoms with Gasteiger partial charge in [0.15, 0.2) is 11.5 Å². The Bertz CT molecular complexity index is 676. The minimum absolute atomic E-state index is 0.244. The molecule has 2 rings (SSSR count). The maximum atomic E-state index is 8.80. The molecule has 0 aliphatic carbocycles. The Morgan fingerprint density at radius 1 is 1.16 bits per heavy atom. The molecule has 0 radical (unpaired) electrons. The third-order valence-corrected chi connectivity index (χ3v) is 4.60. The lowest BCUT2D eigenvalue weighted by molar-refractivity contribution is 0.281. The molecule has 0 aromatic heterocycles. The van der Waals surface area contributed by atoms with Gasteiger partial charge in [0.2, 0.25) is 0 Å². The molecule has 2 N–H and O–H groups in total. The van der Waals surface area contributed by atoms with E-state index in [0.717, 1.165) is 53.0 Å². The zero-order chi connectivity index (χ0) is 18.1. The number of aliphatic hydroxyl groups is 1. The maximum absolute atomic E-state index is 8.80. The summed E-state index contributed by atoms with van der Waals surface area (Å²) in [5.74, 6) is 1.44. The van der Waals surface area contributed by atoms with Crippen molar-refractivity contribution >= 4 is 15.9 Å². The molecule has 0 aliphatic rings. The highest BCUT2D eigenvalue weighted by atomic mass is 79.9. The van der Waals surface area contributed by atoms with Gasteiger partial charge in [0.1, 0.15) is 6.61 Å². The molecule has 0 saturated carbocycles. The third kappa shape index (κ3) is 6.03. The maximum Gasteiger partial charge on any atom is 0.175 e. The van der Waals surface area contributed by atoms with Crippen LogP contribution < -0.4 is 14.8 Å². The van der Waals surface area contributed by atoms with Crippen molar-refractivity contribution in [1.82, 2.24) is 5.32 Å². The molecule has 0 spiro atoms. The molecule has 0 saturated heterocycles. The predicted molar refractivity (Wildman–Crippen MR) is 104 cm³/mol. The average Bonchev–Trinajstić information content (AvgIpc) is 2.61. The molecule has 0 bridgehead atoms. The first-order valence-electron chi connectivity index (χ1n) is 8.51. The van der Waals surface area contributed by atoms with Gasteiger partial charge < -0.3 is 19.9 Å². The highest BCUT2D eigenvalue weighted by molar-refractivity contribution is 9.10. The number of halogens is 1. The predicted octanol–water partition coefficient (Wildman–Crippen LogP) is 4.21. The van der Waals surface area contributed by atoms with Crippen LogP contribution in [-0.2, 0) is 13.2 Å². The van der Waals surface area contributed by atoms with E-state index in [1.54, 1.807) is 7.11 Å². The van der Waals surface area contributed by atoms with Crippen molar-refractivity contribution in [3.05, 3.63) is 57.6 Å². The Balaban J connectivity index is 2.02. The minimum Gasteiger partial charge on any atom is -0.493 e. The van der Waals surface area contributed by atoms with Crippen LogP contribution in [0.5, 0.6) is 11.5 Å². The van der Waals surface area contributed by atoms with Crippen LogP contribution in [0.3, 0.4) is 0 Å². The van der Waals surface area contributed by atoms with Crippen molar-refractivity contribution in [2.45, 2.75) is 32.9 Å². The highest BCUT2D eigenvalue weighted by Crippen LogP contribution is 2.37. The molecule has 136 valence electrons. The van der Waals surface area contributed by atoms with Gasteiger partial charge in [-0.05, 0) is 71.1 Å². The van der Waals surface area contributed by atoms with E-state index in [2.05, 4.69) is 46.4 Å². The minimum atomic E-state index is 0.244. The largest absolute Gasteiger partial charge is 0.493 e. The summed E-state index contributed by atoms with van der Waals surface area (Å²) in [6.45, 7) is 4.45. The molecule has 0 amide bonds. The number of ether oxygens (including phenoxy) is 2. The molecular weight excluding hydrogens is 382 g/mol. The molecular formula is C20H26BrNO3. The van der Waals surface area contributed by atoms with E-state index in [0.29, 0.717) is 6.61 Å². The first-order valence-corrected chi connectivity index (χ1v) is 9.30. The van der Waals surface area contributed by atoms with Gasteiger partial charge >= 0.3 is 0 Å². The monoisotopic (exact) mass is 407 g/mol. The van der Waals surface area contributed by atoms with Crippen LogP contribution in [0.25, 0.3) is 0 Å². The lowest BCUT2D eigenvalue weighted by Gasteiger charge is -2.15. The summed E-state index contributed by atoms with van der Waals surface area (Å²) in [6.07, 6.45) is 1.79. The van der Waals surface area contributed by atoms with Crippen LogP contribution in [0.2, 0.25) is 0 Å². The first kappa shape index (κ1) is 19.8. The van der Waals surface area contributed by atoms with Crippen LogP contribution >= 0.6 is 15.9 Å². The first-order chi connectivity index (χ1) is 12.2. The number of aryl methyl sites for hydroxylation is 1. The van der Waals surface area contributed by atoms with E-state index in [-0.39, 0.29) is 6.61 Å². The van der Waals surface area contributed by atoms with Gasteiger partial charge in [-0.15, -0.1) is 0 Å². The highest BCUT2D eigenvalue weighted by Gasteiger charge is 2.12. The summed E-state index contributed by atoms with van der Waals surface area (Å²) in [4.78, 5) is 0. The zero-order valence-electron chi connectivity index (χ0n) is 14.8. The Hall–Kier alpha value is -1.56. The second-order valence-corrected chi connectivity index (χ2v) is 6.79. The van der Waals surface area contributed by atoms with Crippen LogP contribution in [0, 0.1) is 6.92 Å². The van der Waals surface area contributed by atoms with Crippen LogP contribution in [0.1, 0.15) is 29.5 Å². The molecule has 2 aromatic carbocycles. The summed E-state index contributed by atoms with van der Waals surface area (Å²) < 4.78 is 12.4. The quantitative estimate of drug-likeness (QED) is 0.579. The molecule has 25 heavy (non-hydrogen) atoms. The van der Waals surface area contributed by atoms with E-state index in [4.69, 9.17) is 14.6 Å². The van der Waals surface area contributed by atoms with Crippen molar-refractivity contribution in [1.29, 1.82) is 0 Å². The standard InChI is InChI=1S/C20H26BrNO3/c1-15-7-3-4-8-17(15)14-25-20-18(21)11-16(12-19(20)24-2)13-22-9-5-6-10-23/h3-4,7-8,11-12,22-23H,5-6,9-10,13-14H2,1-2H3. The fourth-order valence-electron chi connectivity index (χ4n) is 2.53. The number of benzene rings is 2. The summed E-state index contributed by atoms with van der Waals surface area (Å²) >= 11 is 3.60. The van der Waals surface area contributed by atoms with Crippen LogP contribution in [0.15, 0.2) is 40.9 Å². The zero-order valence-corrected chi connectivity index (χ0v) is 16.4. The lowest BCUT2D eigenvalue weighted by Crippen LogP contribution is -2.15. The average molecular weight is 408 g/mol. The van der Waals surface area contributed by atoms with E-state index in [1.807, 2.05) is 18.2 Å². The van der Waals surface area contributed by atoms with Crippen molar-refractivity contribution in [3.63, 3.8) is 0 Å². The van der Waals surface area contributed by atoms with Gasteiger partial charge in [-0.1, -0.05) is 24.3 Å². The number of methoxy groups -OCH3 is 1. The van der Waals surface area contributed by atoms with Gasteiger partial charge in [-0.2, -0.15) is 0 Å². The summed E-state index contributed by atoms with van der Waals surface area (Å²) in [7, 11) is 1.65. The molecule has 2 aromatic rings. The molecule has 0 unspecified atom stereocenters. The van der Waals surface area contributed by atoms with Gasteiger partial charge in [0.05, 0.1) is 11.6 Å². The normalized spacial score (nSPS) is 10.7. The Morgan fingerprint density at radius 3 is 2.68 bits per heavy atom. The summed E-state index contributed by atoms with van der Waals surface area (Å²) in [5.41, 5.74) is 3.49. The Morgan fingerprint density at radius 2 is 1.96 bits per heavy atom. The molecule has 4 nitrogen and oxygen atoms in total. The molecule has 5 heteroatoms. The number of aliphatic hydroxyl groups excluding tert-OH is 1. The topological polar surface area (TPSA) is 50.7 Å². The lowest BCUT2D eigenvalue weighted by atomic mass is 10.1. The Labute approximate surface area is 158 Å². The van der Waals surface area contributed by atoms with E-state index < -0.39 is 0 Å². The van der Waals surface area contributed by atoms with Crippen molar-refractivity contribution in [3.8, 4) is 11.5 Å². The van der Waals surface area contributed by atoms with E-state index in [1.165, 1.54) is 5.56 Å². The molecule has 0 aliphatic heterocycles. The second kappa shape index (κ2) is 10.4. The van der Waals surface area contributed by atoms with E-state index in [9.17, 15) is 0 Å². The summed E-state index contributed by atoms with van der Waals surface area (Å²) in [6, 6.07) is 12.2. The fraction of sp³-hybridized carbons (Fsp3) is 0.400. The SMILES string of the molecule is COc1cc(CNCCCCO)cc(Br)c1OCc1ccccc1C. The van der Waals surface area contributed by atoms with Crippen LogP contribution in [-0.4, -0.2) is 25.4 Å². The number of rotatable bonds is 10. The number of unbranched alkanes of at least 4 members (excludes halogenated alkanes) is 1. The van der Waals surface area contributed by atoms with Crippen LogP contribution in [0.4, 0.5) is 0 Å².